The van der Waals surface area contributed by atoms with Gasteiger partial charge in [-0.2, -0.15) is 0 Å². The van der Waals surface area contributed by atoms with Crippen molar-refractivity contribution in [1.82, 2.24) is 0 Å². The number of nitrogens with two attached hydrogens (primary N) is 1. The Bertz CT molecular complexity index is 298. The first-order valence-electron chi connectivity index (χ1n) is 6.23. The third kappa shape index (κ3) is 2.03. The van der Waals surface area contributed by atoms with Crippen LogP contribution >= 0.6 is 0 Å². The second-order valence-electron chi connectivity index (χ2n) is 5.29. The van der Waals surface area contributed by atoms with E-state index < -0.39 is 0 Å². The molecule has 2 rings (SSSR count). The molecule has 2 N–H and O–H groups in total. The van der Waals surface area contributed by atoms with Crippen LogP contribution in [-0.4, -0.2) is 6.04 Å². The van der Waals surface area contributed by atoms with Crippen molar-refractivity contribution in [2.24, 2.45) is 23.5 Å². The molecular formula is C14H23N. The Labute approximate surface area is 93.4 Å². The molecule has 0 aliphatic heterocycles. The second kappa shape index (κ2) is 4.13. The maximum Gasteiger partial charge on any atom is 0.00789 e. The zero-order valence-electron chi connectivity index (χ0n) is 10.2. The Morgan fingerprint density at radius 1 is 1.47 bits per heavy atom. The summed E-state index contributed by atoms with van der Waals surface area (Å²) >= 11 is 0. The fourth-order valence-electron chi connectivity index (χ4n) is 3.32. The van der Waals surface area contributed by atoms with Crippen LogP contribution < -0.4 is 5.73 Å². The van der Waals surface area contributed by atoms with Gasteiger partial charge < -0.3 is 5.73 Å². The summed E-state index contributed by atoms with van der Waals surface area (Å²) in [6, 6.07) is 0.318. The Morgan fingerprint density at radius 3 is 2.80 bits per heavy atom. The smallest absolute Gasteiger partial charge is 0.00789 e. The lowest BCUT2D eigenvalue weighted by Crippen LogP contribution is -2.29. The van der Waals surface area contributed by atoms with E-state index in [1.807, 2.05) is 0 Å². The van der Waals surface area contributed by atoms with E-state index in [1.165, 1.54) is 19.3 Å². The summed E-state index contributed by atoms with van der Waals surface area (Å²) in [6.07, 6.45) is 8.52. The topological polar surface area (TPSA) is 26.0 Å². The number of allylic oxidation sites excluding steroid dienone is 3. The Balaban J connectivity index is 2.28. The number of rotatable bonds is 2. The van der Waals surface area contributed by atoms with Crippen LogP contribution in [0.3, 0.4) is 0 Å². The zero-order valence-corrected chi connectivity index (χ0v) is 10.2. The van der Waals surface area contributed by atoms with Gasteiger partial charge in [-0.25, -0.2) is 0 Å². The first-order chi connectivity index (χ1) is 7.15. The van der Waals surface area contributed by atoms with Gasteiger partial charge in [0.05, 0.1) is 0 Å². The summed E-state index contributed by atoms with van der Waals surface area (Å²) in [5.74, 6) is 2.51. The van der Waals surface area contributed by atoms with E-state index >= 15 is 0 Å². The fraction of sp³-hybridized carbons (Fsp3) is 0.714. The molecule has 15 heavy (non-hydrogen) atoms. The Kier molecular flexibility index (Phi) is 3.01. The maximum absolute atomic E-state index is 6.14. The summed E-state index contributed by atoms with van der Waals surface area (Å²) < 4.78 is 0. The molecule has 2 aliphatic carbocycles. The van der Waals surface area contributed by atoms with Crippen LogP contribution in [0.1, 0.15) is 40.0 Å². The highest BCUT2D eigenvalue weighted by Crippen LogP contribution is 2.53. The van der Waals surface area contributed by atoms with Crippen molar-refractivity contribution in [3.8, 4) is 0 Å². The molecule has 0 amide bonds. The summed E-state index contributed by atoms with van der Waals surface area (Å²) in [4.78, 5) is 0. The van der Waals surface area contributed by atoms with E-state index in [9.17, 15) is 0 Å². The van der Waals surface area contributed by atoms with Crippen molar-refractivity contribution < 1.29 is 0 Å². The van der Waals surface area contributed by atoms with Crippen molar-refractivity contribution in [1.29, 1.82) is 0 Å². The number of hydrogen-bond acceptors (Lipinski definition) is 1. The molecule has 0 spiro atoms. The normalized spacial score (nSPS) is 37.7. The van der Waals surface area contributed by atoms with Crippen molar-refractivity contribution in [3.63, 3.8) is 0 Å². The minimum Gasteiger partial charge on any atom is -0.327 e. The first-order valence-corrected chi connectivity index (χ1v) is 6.23. The molecule has 0 saturated heterocycles. The molecular weight excluding hydrogens is 182 g/mol. The molecule has 0 heterocycles. The van der Waals surface area contributed by atoms with Gasteiger partial charge in [0.1, 0.15) is 0 Å². The van der Waals surface area contributed by atoms with E-state index in [1.54, 1.807) is 11.1 Å². The SMILES string of the molecule is C/C=C\C1=C(C)[C@@H]([C@H](C)N)C2C[C@@H]2CC1. The van der Waals surface area contributed by atoms with Gasteiger partial charge in [0, 0.05) is 6.04 Å². The average Bonchev–Trinajstić information content (AvgIpc) is 2.90. The zero-order chi connectivity index (χ0) is 11.0. The Hall–Kier alpha value is -0.560. The molecule has 0 aromatic rings. The van der Waals surface area contributed by atoms with E-state index in [2.05, 4.69) is 32.9 Å². The maximum atomic E-state index is 6.14. The van der Waals surface area contributed by atoms with Gasteiger partial charge in [-0.1, -0.05) is 17.7 Å². The molecule has 4 atom stereocenters. The molecule has 1 heteroatoms. The fourth-order valence-corrected chi connectivity index (χ4v) is 3.32. The van der Waals surface area contributed by atoms with E-state index in [-0.39, 0.29) is 0 Å². The van der Waals surface area contributed by atoms with Crippen LogP contribution in [0.4, 0.5) is 0 Å². The summed E-state index contributed by atoms with van der Waals surface area (Å²) in [5, 5.41) is 0. The molecule has 0 bridgehead atoms. The molecule has 84 valence electrons. The van der Waals surface area contributed by atoms with E-state index in [4.69, 9.17) is 5.73 Å². The highest BCUT2D eigenvalue weighted by molar-refractivity contribution is 5.30. The van der Waals surface area contributed by atoms with Gasteiger partial charge in [-0.15, -0.1) is 0 Å². The van der Waals surface area contributed by atoms with Gasteiger partial charge in [0.25, 0.3) is 0 Å². The lowest BCUT2D eigenvalue weighted by atomic mass is 9.86. The van der Waals surface area contributed by atoms with Crippen LogP contribution in [0.25, 0.3) is 0 Å². The highest BCUT2D eigenvalue weighted by atomic mass is 14.7. The molecule has 1 nitrogen and oxygen atoms in total. The van der Waals surface area contributed by atoms with Crippen LogP contribution in [0.15, 0.2) is 23.3 Å². The van der Waals surface area contributed by atoms with Crippen LogP contribution in [-0.2, 0) is 0 Å². The molecule has 1 saturated carbocycles. The van der Waals surface area contributed by atoms with Crippen molar-refractivity contribution in [2.45, 2.75) is 46.1 Å². The van der Waals surface area contributed by atoms with E-state index in [0.717, 1.165) is 11.8 Å². The largest absolute Gasteiger partial charge is 0.327 e. The standard InChI is InChI=1S/C14H23N/c1-4-5-11-6-7-12-8-13(12)14(9(11)2)10(3)15/h4-5,10,12-14H,6-8,15H2,1-3H3/b5-4-/t10-,12-,13?,14-/m0/s1. The van der Waals surface area contributed by atoms with Gasteiger partial charge >= 0.3 is 0 Å². The van der Waals surface area contributed by atoms with Crippen molar-refractivity contribution in [2.75, 3.05) is 0 Å². The average molecular weight is 205 g/mol. The van der Waals surface area contributed by atoms with Gasteiger partial charge in [-0.05, 0) is 63.4 Å². The number of fused-ring (bicyclic) bond motifs is 1. The third-order valence-corrected chi connectivity index (χ3v) is 4.16. The molecule has 0 aromatic heterocycles. The van der Waals surface area contributed by atoms with Crippen LogP contribution in [0, 0.1) is 17.8 Å². The summed E-state index contributed by atoms with van der Waals surface area (Å²) in [7, 11) is 0. The minimum absolute atomic E-state index is 0.318. The quantitative estimate of drug-likeness (QED) is 0.735. The number of hydrogen-bond donors (Lipinski definition) is 1. The molecule has 1 fully saturated rings. The molecule has 0 radical (unpaired) electrons. The van der Waals surface area contributed by atoms with Gasteiger partial charge in [0.15, 0.2) is 0 Å². The van der Waals surface area contributed by atoms with Gasteiger partial charge in [-0.3, -0.25) is 0 Å². The third-order valence-electron chi connectivity index (χ3n) is 4.16. The highest BCUT2D eigenvalue weighted by Gasteiger charge is 2.46. The monoisotopic (exact) mass is 205 g/mol. The molecule has 1 unspecified atom stereocenters. The molecule has 2 aliphatic rings. The van der Waals surface area contributed by atoms with Gasteiger partial charge in [0.2, 0.25) is 0 Å². The lowest BCUT2D eigenvalue weighted by Gasteiger charge is -2.22. The summed E-state index contributed by atoms with van der Waals surface area (Å²) in [5.41, 5.74) is 9.26. The van der Waals surface area contributed by atoms with Crippen molar-refractivity contribution >= 4 is 0 Å². The predicted molar refractivity (Wildman–Crippen MR) is 65.5 cm³/mol. The lowest BCUT2D eigenvalue weighted by molar-refractivity contribution is 0.433. The van der Waals surface area contributed by atoms with Crippen LogP contribution in [0.5, 0.6) is 0 Å². The minimum atomic E-state index is 0.318. The first kappa shape index (κ1) is 10.9. The van der Waals surface area contributed by atoms with Crippen LogP contribution in [0.2, 0.25) is 0 Å². The second-order valence-corrected chi connectivity index (χ2v) is 5.29. The summed E-state index contributed by atoms with van der Waals surface area (Å²) in [6.45, 7) is 6.57. The van der Waals surface area contributed by atoms with E-state index in [0.29, 0.717) is 12.0 Å². The van der Waals surface area contributed by atoms with Crippen molar-refractivity contribution in [3.05, 3.63) is 23.3 Å². The molecule has 0 aromatic carbocycles. The predicted octanol–water partition coefficient (Wildman–Crippen LogP) is 3.27. The Morgan fingerprint density at radius 2 is 2.20 bits per heavy atom.